The van der Waals surface area contributed by atoms with Gasteiger partial charge < -0.3 is 10.4 Å². The molecule has 1 unspecified atom stereocenters. The van der Waals surface area contributed by atoms with Crippen molar-refractivity contribution in [1.29, 1.82) is 5.26 Å². The molecule has 2 aromatic rings. The minimum absolute atomic E-state index is 0.0473. The summed E-state index contributed by atoms with van der Waals surface area (Å²) < 4.78 is 14.3. The molecule has 0 fully saturated rings. The number of rotatable bonds is 4. The fourth-order valence-electron chi connectivity index (χ4n) is 1.82. The van der Waals surface area contributed by atoms with Crippen molar-refractivity contribution in [2.45, 2.75) is 6.10 Å². The van der Waals surface area contributed by atoms with Crippen molar-refractivity contribution in [3.8, 4) is 6.07 Å². The molecular formula is C15H12BrFN2O. The molecule has 102 valence electrons. The van der Waals surface area contributed by atoms with Gasteiger partial charge in [-0.3, -0.25) is 0 Å². The number of benzene rings is 2. The molecule has 0 aliphatic rings. The number of aliphatic hydroxyl groups is 1. The van der Waals surface area contributed by atoms with E-state index >= 15 is 0 Å². The minimum atomic E-state index is -0.748. The molecular weight excluding hydrogens is 323 g/mol. The van der Waals surface area contributed by atoms with E-state index in [0.717, 1.165) is 10.0 Å². The summed E-state index contributed by atoms with van der Waals surface area (Å²) in [6.07, 6.45) is -0.748. The lowest BCUT2D eigenvalue weighted by Crippen LogP contribution is -2.13. The van der Waals surface area contributed by atoms with E-state index < -0.39 is 11.9 Å². The predicted octanol–water partition coefficient (Wildman–Crippen LogP) is 3.61. The van der Waals surface area contributed by atoms with Crippen molar-refractivity contribution < 1.29 is 9.50 Å². The van der Waals surface area contributed by atoms with Crippen molar-refractivity contribution >= 4 is 21.6 Å². The monoisotopic (exact) mass is 334 g/mol. The Morgan fingerprint density at radius 1 is 1.30 bits per heavy atom. The second kappa shape index (κ2) is 6.51. The Bertz CT molecular complexity index is 655. The maximum Gasteiger partial charge on any atom is 0.143 e. The highest BCUT2D eigenvalue weighted by molar-refractivity contribution is 9.10. The summed E-state index contributed by atoms with van der Waals surface area (Å²) in [4.78, 5) is 0. The number of hydrogen-bond donors (Lipinski definition) is 2. The second-order valence-electron chi connectivity index (χ2n) is 4.23. The van der Waals surface area contributed by atoms with Crippen LogP contribution in [0.5, 0.6) is 0 Å². The van der Waals surface area contributed by atoms with Crippen LogP contribution in [0.4, 0.5) is 10.1 Å². The van der Waals surface area contributed by atoms with Crippen LogP contribution in [0.3, 0.4) is 0 Å². The quantitative estimate of drug-likeness (QED) is 0.898. The first-order chi connectivity index (χ1) is 9.61. The van der Waals surface area contributed by atoms with E-state index in [4.69, 9.17) is 5.26 Å². The van der Waals surface area contributed by atoms with E-state index in [-0.39, 0.29) is 12.1 Å². The zero-order valence-corrected chi connectivity index (χ0v) is 12.1. The Labute approximate surface area is 124 Å². The van der Waals surface area contributed by atoms with Gasteiger partial charge in [-0.1, -0.05) is 34.1 Å². The number of halogens is 2. The van der Waals surface area contributed by atoms with Crippen molar-refractivity contribution in [2.75, 3.05) is 11.9 Å². The molecule has 2 rings (SSSR count). The molecule has 5 heteroatoms. The Balaban J connectivity index is 2.10. The Hall–Kier alpha value is -1.90. The molecule has 0 aliphatic carbocycles. The summed E-state index contributed by atoms with van der Waals surface area (Å²) >= 11 is 3.33. The van der Waals surface area contributed by atoms with Crippen molar-refractivity contribution in [2.24, 2.45) is 0 Å². The maximum absolute atomic E-state index is 13.4. The largest absolute Gasteiger partial charge is 0.387 e. The van der Waals surface area contributed by atoms with Gasteiger partial charge in [-0.15, -0.1) is 0 Å². The third-order valence-corrected chi connectivity index (χ3v) is 3.34. The summed E-state index contributed by atoms with van der Waals surface area (Å²) in [5, 5.41) is 21.9. The first kappa shape index (κ1) is 14.5. The lowest BCUT2D eigenvalue weighted by atomic mass is 10.1. The standard InChI is InChI=1S/C15H12BrFN2O/c16-11-4-1-3-10(7-11)15(20)9-19-14-6-2-5-13(17)12(14)8-18/h1-7,15,19-20H,9H2. The van der Waals surface area contributed by atoms with E-state index in [1.165, 1.54) is 12.1 Å². The van der Waals surface area contributed by atoms with E-state index in [0.29, 0.717) is 5.69 Å². The zero-order valence-electron chi connectivity index (χ0n) is 10.5. The lowest BCUT2D eigenvalue weighted by Gasteiger charge is -2.14. The SMILES string of the molecule is N#Cc1c(F)cccc1NCC(O)c1cccc(Br)c1. The zero-order chi connectivity index (χ0) is 14.5. The van der Waals surface area contributed by atoms with Gasteiger partial charge in [0.05, 0.1) is 11.8 Å². The summed E-state index contributed by atoms with van der Waals surface area (Å²) in [5.41, 5.74) is 1.07. The van der Waals surface area contributed by atoms with E-state index in [1.54, 1.807) is 12.1 Å². The number of nitrogens with zero attached hydrogens (tertiary/aromatic N) is 1. The van der Waals surface area contributed by atoms with Gasteiger partial charge in [0.2, 0.25) is 0 Å². The van der Waals surface area contributed by atoms with Crippen LogP contribution >= 0.6 is 15.9 Å². The second-order valence-corrected chi connectivity index (χ2v) is 5.14. The molecule has 0 saturated carbocycles. The molecule has 0 spiro atoms. The Morgan fingerprint density at radius 2 is 2.05 bits per heavy atom. The molecule has 0 aromatic heterocycles. The summed E-state index contributed by atoms with van der Waals surface area (Å²) in [7, 11) is 0. The van der Waals surface area contributed by atoms with Crippen LogP contribution in [0.1, 0.15) is 17.2 Å². The smallest absolute Gasteiger partial charge is 0.143 e. The normalized spacial score (nSPS) is 11.7. The van der Waals surface area contributed by atoms with Crippen LogP contribution < -0.4 is 5.32 Å². The Kier molecular flexibility index (Phi) is 4.72. The fraction of sp³-hybridized carbons (Fsp3) is 0.133. The van der Waals surface area contributed by atoms with Gasteiger partial charge in [0.25, 0.3) is 0 Å². The molecule has 0 bridgehead atoms. The number of aliphatic hydroxyl groups excluding tert-OH is 1. The van der Waals surface area contributed by atoms with Crippen molar-refractivity contribution in [3.05, 3.63) is 63.9 Å². The third-order valence-electron chi connectivity index (χ3n) is 2.84. The van der Waals surface area contributed by atoms with Crippen LogP contribution in [0, 0.1) is 17.1 Å². The first-order valence-electron chi connectivity index (χ1n) is 5.98. The predicted molar refractivity (Wildman–Crippen MR) is 78.7 cm³/mol. The Morgan fingerprint density at radius 3 is 2.75 bits per heavy atom. The fourth-order valence-corrected chi connectivity index (χ4v) is 2.24. The number of hydrogen-bond acceptors (Lipinski definition) is 3. The van der Waals surface area contributed by atoms with Crippen LogP contribution in [0.15, 0.2) is 46.9 Å². The molecule has 0 amide bonds. The van der Waals surface area contributed by atoms with Gasteiger partial charge in [0, 0.05) is 11.0 Å². The highest BCUT2D eigenvalue weighted by Gasteiger charge is 2.11. The van der Waals surface area contributed by atoms with Crippen LogP contribution in [-0.2, 0) is 0 Å². The highest BCUT2D eigenvalue weighted by atomic mass is 79.9. The topological polar surface area (TPSA) is 56.0 Å². The van der Waals surface area contributed by atoms with Crippen molar-refractivity contribution in [1.82, 2.24) is 0 Å². The molecule has 0 aliphatic heterocycles. The average Bonchev–Trinajstić information content (AvgIpc) is 2.44. The molecule has 0 radical (unpaired) electrons. The van der Waals surface area contributed by atoms with E-state index in [1.807, 2.05) is 24.3 Å². The van der Waals surface area contributed by atoms with E-state index in [9.17, 15) is 9.50 Å². The lowest BCUT2D eigenvalue weighted by molar-refractivity contribution is 0.191. The van der Waals surface area contributed by atoms with Crippen LogP contribution in [0.2, 0.25) is 0 Å². The summed E-state index contributed by atoms with van der Waals surface area (Å²) in [6, 6.07) is 13.5. The van der Waals surface area contributed by atoms with Crippen molar-refractivity contribution in [3.63, 3.8) is 0 Å². The molecule has 20 heavy (non-hydrogen) atoms. The van der Waals surface area contributed by atoms with Gasteiger partial charge in [-0.25, -0.2) is 4.39 Å². The number of nitrogens with one attached hydrogen (secondary N) is 1. The van der Waals surface area contributed by atoms with Crippen LogP contribution in [-0.4, -0.2) is 11.7 Å². The molecule has 1 atom stereocenters. The maximum atomic E-state index is 13.4. The summed E-state index contributed by atoms with van der Waals surface area (Å²) in [6.45, 7) is 0.189. The van der Waals surface area contributed by atoms with Gasteiger partial charge in [0.1, 0.15) is 17.4 Å². The van der Waals surface area contributed by atoms with Gasteiger partial charge in [-0.2, -0.15) is 5.26 Å². The minimum Gasteiger partial charge on any atom is -0.387 e. The molecule has 0 heterocycles. The first-order valence-corrected chi connectivity index (χ1v) is 6.77. The van der Waals surface area contributed by atoms with E-state index in [2.05, 4.69) is 21.2 Å². The number of nitriles is 1. The van der Waals surface area contributed by atoms with Gasteiger partial charge >= 0.3 is 0 Å². The number of anilines is 1. The van der Waals surface area contributed by atoms with Gasteiger partial charge in [0.15, 0.2) is 0 Å². The molecule has 2 aromatic carbocycles. The highest BCUT2D eigenvalue weighted by Crippen LogP contribution is 2.21. The summed E-state index contributed by atoms with van der Waals surface area (Å²) in [5.74, 6) is -0.575. The third kappa shape index (κ3) is 3.35. The van der Waals surface area contributed by atoms with Gasteiger partial charge in [-0.05, 0) is 29.8 Å². The molecule has 0 saturated heterocycles. The average molecular weight is 335 g/mol. The van der Waals surface area contributed by atoms with Crippen LogP contribution in [0.25, 0.3) is 0 Å². The molecule has 3 nitrogen and oxygen atoms in total. The molecule has 2 N–H and O–H groups in total.